The topological polar surface area (TPSA) is 76.1 Å². The molecule has 3 rings (SSSR count). The summed E-state index contributed by atoms with van der Waals surface area (Å²) in [5.74, 6) is -0.679. The Kier molecular flexibility index (Phi) is 6.27. The number of alkyl halides is 3. The minimum absolute atomic E-state index is 0.111. The van der Waals surface area contributed by atoms with Gasteiger partial charge in [-0.2, -0.15) is 13.2 Å². The largest absolute Gasteiger partial charge is 0.416 e. The Labute approximate surface area is 184 Å². The molecule has 0 saturated heterocycles. The third kappa shape index (κ3) is 4.64. The predicted octanol–water partition coefficient (Wildman–Crippen LogP) is 5.57. The zero-order valence-electron chi connectivity index (χ0n) is 17.5. The summed E-state index contributed by atoms with van der Waals surface area (Å²) in [7, 11) is -4.23. The first-order valence-corrected chi connectivity index (χ1v) is 12.3. The van der Waals surface area contributed by atoms with E-state index in [0.717, 1.165) is 36.4 Å². The number of hydrogen-bond acceptors (Lipinski definition) is 5. The van der Waals surface area contributed by atoms with Crippen LogP contribution >= 0.6 is 11.3 Å². The molecule has 1 fully saturated rings. The molecule has 0 spiro atoms. The Morgan fingerprint density at radius 2 is 1.65 bits per heavy atom. The van der Waals surface area contributed by atoms with Gasteiger partial charge in [-0.15, -0.1) is 11.3 Å². The molecule has 1 amide bonds. The summed E-state index contributed by atoms with van der Waals surface area (Å²) in [4.78, 5) is 17.4. The van der Waals surface area contributed by atoms with Crippen LogP contribution in [0.15, 0.2) is 34.5 Å². The first kappa shape index (κ1) is 23.7. The number of nitrogens with zero attached hydrogens (tertiary/aromatic N) is 1. The number of rotatable bonds is 4. The van der Waals surface area contributed by atoms with Crippen molar-refractivity contribution in [3.8, 4) is 0 Å². The van der Waals surface area contributed by atoms with Crippen LogP contribution in [0.2, 0.25) is 0 Å². The monoisotopic (exact) mass is 474 g/mol. The molecule has 1 aromatic carbocycles. The van der Waals surface area contributed by atoms with E-state index in [1.165, 1.54) is 11.3 Å². The second kappa shape index (κ2) is 8.20. The molecule has 1 saturated carbocycles. The molecule has 0 bridgehead atoms. The van der Waals surface area contributed by atoms with Crippen molar-refractivity contribution >= 4 is 32.2 Å². The van der Waals surface area contributed by atoms with Crippen molar-refractivity contribution < 1.29 is 26.4 Å². The van der Waals surface area contributed by atoms with Crippen LogP contribution in [-0.2, 0) is 26.2 Å². The maximum absolute atomic E-state index is 13.5. The average molecular weight is 475 g/mol. The van der Waals surface area contributed by atoms with Crippen LogP contribution in [0.5, 0.6) is 0 Å². The summed E-state index contributed by atoms with van der Waals surface area (Å²) in [6.07, 6.45) is -2.48. The molecule has 1 aliphatic carbocycles. The minimum atomic E-state index is -4.57. The summed E-state index contributed by atoms with van der Waals surface area (Å²) in [6, 6.07) is 3.33. The Hall–Kier alpha value is -1.94. The lowest BCUT2D eigenvalue weighted by Crippen LogP contribution is -2.51. The van der Waals surface area contributed by atoms with Crippen LogP contribution in [0.25, 0.3) is 0 Å². The van der Waals surface area contributed by atoms with E-state index in [2.05, 4.69) is 10.3 Å². The molecule has 0 aliphatic heterocycles. The zero-order chi connectivity index (χ0) is 23.1. The molecule has 31 heavy (non-hydrogen) atoms. The van der Waals surface area contributed by atoms with E-state index in [0.29, 0.717) is 18.0 Å². The van der Waals surface area contributed by atoms with Gasteiger partial charge < -0.3 is 5.32 Å². The summed E-state index contributed by atoms with van der Waals surface area (Å²) < 4.78 is 63.9. The first-order valence-electron chi connectivity index (χ1n) is 9.97. The van der Waals surface area contributed by atoms with Crippen molar-refractivity contribution in [1.29, 1.82) is 0 Å². The number of sulfone groups is 1. The SMILES string of the molecule is CC(C)(C)c1csc(NC(=O)C2(S(=O)(=O)c3ccc(C(F)(F)F)cc3)CCCCC2)n1. The van der Waals surface area contributed by atoms with Crippen molar-refractivity contribution in [3.63, 3.8) is 0 Å². The smallest absolute Gasteiger partial charge is 0.301 e. The number of anilines is 1. The van der Waals surface area contributed by atoms with Gasteiger partial charge in [0, 0.05) is 10.8 Å². The van der Waals surface area contributed by atoms with Gasteiger partial charge in [0.1, 0.15) is 0 Å². The lowest BCUT2D eigenvalue weighted by molar-refractivity contribution is -0.137. The quantitative estimate of drug-likeness (QED) is 0.628. The number of carbonyl (C=O) groups is 1. The van der Waals surface area contributed by atoms with Crippen LogP contribution in [0.4, 0.5) is 18.3 Å². The second-order valence-corrected chi connectivity index (χ2v) is 11.9. The first-order chi connectivity index (χ1) is 14.3. The van der Waals surface area contributed by atoms with E-state index < -0.39 is 32.2 Å². The predicted molar refractivity (Wildman–Crippen MR) is 114 cm³/mol. The van der Waals surface area contributed by atoms with Gasteiger partial charge in [0.25, 0.3) is 0 Å². The molecule has 0 radical (unpaired) electrons. The molecule has 1 heterocycles. The molecule has 0 atom stereocenters. The van der Waals surface area contributed by atoms with Gasteiger partial charge in [-0.3, -0.25) is 4.79 Å². The lowest BCUT2D eigenvalue weighted by Gasteiger charge is -2.35. The van der Waals surface area contributed by atoms with Crippen LogP contribution in [0.3, 0.4) is 0 Å². The molecule has 2 aromatic rings. The van der Waals surface area contributed by atoms with Gasteiger partial charge in [0.15, 0.2) is 19.7 Å². The summed E-state index contributed by atoms with van der Waals surface area (Å²) >= 11 is 1.22. The number of carbonyl (C=O) groups excluding carboxylic acids is 1. The van der Waals surface area contributed by atoms with E-state index in [9.17, 15) is 26.4 Å². The van der Waals surface area contributed by atoms with Crippen LogP contribution in [-0.4, -0.2) is 24.1 Å². The minimum Gasteiger partial charge on any atom is -0.301 e. The standard InChI is InChI=1S/C21H25F3N2O3S2/c1-19(2,3)16-13-30-18(25-16)26-17(27)20(11-5-4-6-12-20)31(28,29)15-9-7-14(8-10-15)21(22,23)24/h7-10,13H,4-6,11-12H2,1-3H3,(H,25,26,27). The van der Waals surface area contributed by atoms with Gasteiger partial charge in [-0.1, -0.05) is 40.0 Å². The van der Waals surface area contributed by atoms with E-state index in [4.69, 9.17) is 0 Å². The molecule has 0 unspecified atom stereocenters. The fraction of sp³-hybridized carbons (Fsp3) is 0.524. The number of hydrogen-bond donors (Lipinski definition) is 1. The maximum Gasteiger partial charge on any atom is 0.416 e. The van der Waals surface area contributed by atoms with E-state index in [-0.39, 0.29) is 23.2 Å². The number of thiazole rings is 1. The highest BCUT2D eigenvalue weighted by Crippen LogP contribution is 2.41. The highest BCUT2D eigenvalue weighted by Gasteiger charge is 2.52. The zero-order valence-corrected chi connectivity index (χ0v) is 19.2. The summed E-state index contributed by atoms with van der Waals surface area (Å²) in [5, 5.41) is 4.79. The summed E-state index contributed by atoms with van der Waals surface area (Å²) in [6.45, 7) is 5.93. The third-order valence-corrected chi connectivity index (χ3v) is 8.85. The molecular weight excluding hydrogens is 449 g/mol. The Morgan fingerprint density at radius 1 is 1.06 bits per heavy atom. The Morgan fingerprint density at radius 3 is 2.13 bits per heavy atom. The molecular formula is C21H25F3N2O3S2. The normalized spacial score (nSPS) is 17.4. The highest BCUT2D eigenvalue weighted by molar-refractivity contribution is 7.93. The van der Waals surface area contributed by atoms with Crippen molar-refractivity contribution in [2.24, 2.45) is 0 Å². The molecule has 1 aromatic heterocycles. The molecule has 1 N–H and O–H groups in total. The molecule has 170 valence electrons. The van der Waals surface area contributed by atoms with Crippen molar-refractivity contribution in [1.82, 2.24) is 4.98 Å². The number of benzene rings is 1. The van der Waals surface area contributed by atoms with Gasteiger partial charge in [-0.25, -0.2) is 13.4 Å². The van der Waals surface area contributed by atoms with Gasteiger partial charge >= 0.3 is 6.18 Å². The van der Waals surface area contributed by atoms with Crippen LogP contribution in [0, 0.1) is 0 Å². The average Bonchev–Trinajstić information content (AvgIpc) is 3.17. The fourth-order valence-corrected chi connectivity index (χ4v) is 6.68. The van der Waals surface area contributed by atoms with E-state index in [1.807, 2.05) is 26.2 Å². The fourth-order valence-electron chi connectivity index (χ4n) is 3.68. The maximum atomic E-state index is 13.5. The lowest BCUT2D eigenvalue weighted by atomic mass is 9.87. The number of amides is 1. The molecule has 5 nitrogen and oxygen atoms in total. The van der Waals surface area contributed by atoms with Gasteiger partial charge in [0.2, 0.25) is 5.91 Å². The van der Waals surface area contributed by atoms with Crippen molar-refractivity contribution in [2.45, 2.75) is 74.1 Å². The number of aromatic nitrogens is 1. The van der Waals surface area contributed by atoms with Gasteiger partial charge in [0.05, 0.1) is 16.2 Å². The number of nitrogens with one attached hydrogen (secondary N) is 1. The third-order valence-electron chi connectivity index (χ3n) is 5.57. The van der Waals surface area contributed by atoms with E-state index >= 15 is 0 Å². The van der Waals surface area contributed by atoms with Gasteiger partial charge in [-0.05, 0) is 37.1 Å². The van der Waals surface area contributed by atoms with Crippen LogP contribution in [0.1, 0.15) is 64.1 Å². The van der Waals surface area contributed by atoms with Crippen molar-refractivity contribution in [3.05, 3.63) is 40.9 Å². The Balaban J connectivity index is 1.96. The van der Waals surface area contributed by atoms with E-state index in [1.54, 1.807) is 0 Å². The second-order valence-electron chi connectivity index (χ2n) is 8.82. The van der Waals surface area contributed by atoms with Crippen molar-refractivity contribution in [2.75, 3.05) is 5.32 Å². The Bertz CT molecular complexity index is 1050. The number of halogens is 3. The highest BCUT2D eigenvalue weighted by atomic mass is 32.2. The summed E-state index contributed by atoms with van der Waals surface area (Å²) in [5.41, 5.74) is -0.393. The van der Waals surface area contributed by atoms with Crippen LogP contribution < -0.4 is 5.32 Å². The molecule has 1 aliphatic rings. The molecule has 10 heteroatoms.